The third-order valence-electron chi connectivity index (χ3n) is 3.87. The lowest BCUT2D eigenvalue weighted by molar-refractivity contribution is -0.133. The molecule has 0 aliphatic carbocycles. The molecule has 0 radical (unpaired) electrons. The van der Waals surface area contributed by atoms with Gasteiger partial charge in [0.25, 0.3) is 5.91 Å². The Bertz CT molecular complexity index is 801. The summed E-state index contributed by atoms with van der Waals surface area (Å²) in [7, 11) is -3.13. The summed E-state index contributed by atoms with van der Waals surface area (Å²) in [5, 5.41) is 16.9. The predicted molar refractivity (Wildman–Crippen MR) is 88.5 cm³/mol. The van der Waals surface area contributed by atoms with Gasteiger partial charge in [0.1, 0.15) is 10.7 Å². The fraction of sp³-hybridized carbons (Fsp3) is 0.615. The predicted octanol–water partition coefficient (Wildman–Crippen LogP) is 0.204. The summed E-state index contributed by atoms with van der Waals surface area (Å²) < 4.78 is 23.2. The van der Waals surface area contributed by atoms with Gasteiger partial charge in [-0.25, -0.2) is 13.4 Å². The number of nitrogens with one attached hydrogen (secondary N) is 1. The number of carbonyl (C=O) groups excluding carboxylic acids is 2. The number of hydrazone groups is 1. The number of aromatic nitrogens is 2. The zero-order valence-electron chi connectivity index (χ0n) is 13.1. The maximum Gasteiger partial charge on any atom is 0.273 e. The molecule has 1 aromatic heterocycles. The molecule has 3 heterocycles. The van der Waals surface area contributed by atoms with Gasteiger partial charge in [0.05, 0.1) is 17.5 Å². The smallest absolute Gasteiger partial charge is 0.273 e. The number of sulfone groups is 1. The summed E-state index contributed by atoms with van der Waals surface area (Å²) in [6.45, 7) is 1.94. The highest BCUT2D eigenvalue weighted by Crippen LogP contribution is 2.23. The van der Waals surface area contributed by atoms with E-state index in [1.54, 1.807) is 0 Å². The standard InChI is InChI=1S/C13H17N5O4S2/c1-2-10-15-16-13(23-10)14-12(20)9-3-4-11(19)18(17-9)8-5-6-24(21,22)7-8/h8H,2-7H2,1H3,(H,14,16,20)/t8-/m1/s1. The van der Waals surface area contributed by atoms with Gasteiger partial charge < -0.3 is 0 Å². The molecule has 1 atom stereocenters. The van der Waals surface area contributed by atoms with Crippen LogP contribution in [0, 0.1) is 0 Å². The Morgan fingerprint density at radius 2 is 2.17 bits per heavy atom. The van der Waals surface area contributed by atoms with Crippen molar-refractivity contribution < 1.29 is 18.0 Å². The quantitative estimate of drug-likeness (QED) is 0.807. The number of carbonyl (C=O) groups is 2. The number of aryl methyl sites for hydroxylation is 1. The highest BCUT2D eigenvalue weighted by molar-refractivity contribution is 7.91. The van der Waals surface area contributed by atoms with Crippen molar-refractivity contribution in [2.75, 3.05) is 16.8 Å². The average molecular weight is 371 g/mol. The van der Waals surface area contributed by atoms with Crippen molar-refractivity contribution in [1.29, 1.82) is 0 Å². The topological polar surface area (TPSA) is 122 Å². The molecule has 0 aromatic carbocycles. The number of amides is 2. The largest absolute Gasteiger partial charge is 0.295 e. The Hall–Kier alpha value is -1.88. The molecular weight excluding hydrogens is 354 g/mol. The van der Waals surface area contributed by atoms with Crippen molar-refractivity contribution in [3.05, 3.63) is 5.01 Å². The zero-order chi connectivity index (χ0) is 17.3. The van der Waals surface area contributed by atoms with Crippen molar-refractivity contribution in [1.82, 2.24) is 15.2 Å². The lowest BCUT2D eigenvalue weighted by Crippen LogP contribution is -2.42. The second kappa shape index (κ2) is 6.55. The zero-order valence-corrected chi connectivity index (χ0v) is 14.7. The minimum Gasteiger partial charge on any atom is -0.295 e. The Labute approximate surface area is 143 Å². The van der Waals surface area contributed by atoms with Gasteiger partial charge in [-0.15, -0.1) is 10.2 Å². The number of nitrogens with zero attached hydrogens (tertiary/aromatic N) is 4. The Balaban J connectivity index is 1.73. The van der Waals surface area contributed by atoms with Gasteiger partial charge in [-0.1, -0.05) is 18.3 Å². The monoisotopic (exact) mass is 371 g/mol. The van der Waals surface area contributed by atoms with Crippen LogP contribution in [0.5, 0.6) is 0 Å². The first kappa shape index (κ1) is 17.0. The van der Waals surface area contributed by atoms with Crippen LogP contribution in [0.2, 0.25) is 0 Å². The van der Waals surface area contributed by atoms with E-state index in [0.29, 0.717) is 11.6 Å². The molecule has 1 saturated heterocycles. The number of hydrogen-bond acceptors (Lipinski definition) is 8. The van der Waals surface area contributed by atoms with Crippen molar-refractivity contribution in [3.8, 4) is 0 Å². The van der Waals surface area contributed by atoms with Crippen molar-refractivity contribution in [3.63, 3.8) is 0 Å². The van der Waals surface area contributed by atoms with Gasteiger partial charge in [-0.2, -0.15) is 5.10 Å². The van der Waals surface area contributed by atoms with Crippen LogP contribution in [0.4, 0.5) is 5.13 Å². The molecule has 1 N–H and O–H groups in total. The van der Waals surface area contributed by atoms with Crippen molar-refractivity contribution >= 4 is 43.8 Å². The lowest BCUT2D eigenvalue weighted by atomic mass is 10.1. The Morgan fingerprint density at radius 1 is 1.38 bits per heavy atom. The molecule has 130 valence electrons. The number of anilines is 1. The molecule has 9 nitrogen and oxygen atoms in total. The van der Waals surface area contributed by atoms with Crippen LogP contribution >= 0.6 is 11.3 Å². The normalized spacial score (nSPS) is 23.2. The van der Waals surface area contributed by atoms with Crippen molar-refractivity contribution in [2.45, 2.75) is 38.6 Å². The van der Waals surface area contributed by atoms with Crippen LogP contribution < -0.4 is 5.32 Å². The molecule has 1 fully saturated rings. The molecule has 2 amide bonds. The highest BCUT2D eigenvalue weighted by Gasteiger charge is 2.37. The van der Waals surface area contributed by atoms with Gasteiger partial charge in [-0.05, 0) is 12.8 Å². The molecule has 2 aliphatic heterocycles. The van der Waals surface area contributed by atoms with E-state index in [0.717, 1.165) is 11.4 Å². The van der Waals surface area contributed by atoms with Crippen molar-refractivity contribution in [2.24, 2.45) is 5.10 Å². The first-order chi connectivity index (χ1) is 11.4. The van der Waals surface area contributed by atoms with E-state index >= 15 is 0 Å². The summed E-state index contributed by atoms with van der Waals surface area (Å²) >= 11 is 1.28. The van der Waals surface area contributed by atoms with Crippen LogP contribution in [0.3, 0.4) is 0 Å². The van der Waals surface area contributed by atoms with E-state index in [4.69, 9.17) is 0 Å². The van der Waals surface area contributed by atoms with Crippen LogP contribution in [0.1, 0.15) is 31.2 Å². The number of hydrogen-bond donors (Lipinski definition) is 1. The second-order valence-corrected chi connectivity index (χ2v) is 8.94. The Kier molecular flexibility index (Phi) is 4.63. The average Bonchev–Trinajstić information content (AvgIpc) is 3.13. The minimum atomic E-state index is -3.13. The first-order valence-corrected chi connectivity index (χ1v) is 10.3. The SMILES string of the molecule is CCc1nnc(NC(=O)C2=NN([C@@H]3CCS(=O)(=O)C3)C(=O)CC2)s1. The van der Waals surface area contributed by atoms with Crippen LogP contribution in [-0.4, -0.2) is 58.7 Å². The molecule has 0 saturated carbocycles. The van der Waals surface area contributed by atoms with Gasteiger partial charge in [-0.3, -0.25) is 14.9 Å². The molecule has 3 rings (SSSR count). The summed E-state index contributed by atoms with van der Waals surface area (Å²) in [5.41, 5.74) is 0.201. The highest BCUT2D eigenvalue weighted by atomic mass is 32.2. The molecule has 0 spiro atoms. The van der Waals surface area contributed by atoms with E-state index in [-0.39, 0.29) is 36.0 Å². The lowest BCUT2D eigenvalue weighted by Gasteiger charge is -2.27. The van der Waals surface area contributed by atoms with Gasteiger partial charge in [0.15, 0.2) is 9.84 Å². The molecule has 11 heteroatoms. The first-order valence-electron chi connectivity index (χ1n) is 7.61. The van der Waals surface area contributed by atoms with Crippen LogP contribution in [-0.2, 0) is 25.8 Å². The summed E-state index contributed by atoms with van der Waals surface area (Å²) in [4.78, 5) is 24.3. The summed E-state index contributed by atoms with van der Waals surface area (Å²) in [6, 6.07) is -0.487. The third kappa shape index (κ3) is 3.61. The van der Waals surface area contributed by atoms with E-state index < -0.39 is 21.8 Å². The fourth-order valence-electron chi connectivity index (χ4n) is 2.60. The Morgan fingerprint density at radius 3 is 2.79 bits per heavy atom. The fourth-order valence-corrected chi connectivity index (χ4v) is 4.97. The molecule has 1 aromatic rings. The molecule has 24 heavy (non-hydrogen) atoms. The summed E-state index contributed by atoms with van der Waals surface area (Å²) in [5.74, 6) is -0.749. The van der Waals surface area contributed by atoms with Gasteiger partial charge in [0, 0.05) is 12.8 Å². The maximum absolute atomic E-state index is 12.3. The molecular formula is C13H17N5O4S2. The molecule has 0 unspecified atom stereocenters. The van der Waals surface area contributed by atoms with E-state index in [2.05, 4.69) is 20.6 Å². The molecule has 2 aliphatic rings. The van der Waals surface area contributed by atoms with Crippen LogP contribution in [0.15, 0.2) is 5.10 Å². The van der Waals surface area contributed by atoms with Crippen LogP contribution in [0.25, 0.3) is 0 Å². The van der Waals surface area contributed by atoms with E-state index in [9.17, 15) is 18.0 Å². The van der Waals surface area contributed by atoms with E-state index in [1.807, 2.05) is 6.92 Å². The third-order valence-corrected chi connectivity index (χ3v) is 6.60. The minimum absolute atomic E-state index is 0.0447. The number of rotatable bonds is 4. The summed E-state index contributed by atoms with van der Waals surface area (Å²) in [6.07, 6.45) is 1.44. The van der Waals surface area contributed by atoms with Gasteiger partial charge in [0.2, 0.25) is 11.0 Å². The van der Waals surface area contributed by atoms with Gasteiger partial charge >= 0.3 is 0 Å². The maximum atomic E-state index is 12.3. The second-order valence-electron chi connectivity index (χ2n) is 5.65. The van der Waals surface area contributed by atoms with E-state index in [1.165, 1.54) is 16.3 Å². The molecule has 0 bridgehead atoms.